The van der Waals surface area contributed by atoms with Gasteiger partial charge in [0.15, 0.2) is 0 Å². The Bertz CT molecular complexity index is 692. The molecule has 24 heavy (non-hydrogen) atoms. The van der Waals surface area contributed by atoms with Crippen LogP contribution in [0.1, 0.15) is 20.3 Å². The molecule has 8 nitrogen and oxygen atoms in total. The Labute approximate surface area is 142 Å². The van der Waals surface area contributed by atoms with Gasteiger partial charge in [-0.2, -0.15) is 4.98 Å². The smallest absolute Gasteiger partial charge is 0.221 e. The molecule has 0 spiro atoms. The number of sulfone groups is 1. The summed E-state index contributed by atoms with van der Waals surface area (Å²) in [5.74, 6) is 1.21. The molecule has 0 aromatic carbocycles. The number of aromatic nitrogens is 2. The van der Waals surface area contributed by atoms with Gasteiger partial charge in [0.25, 0.3) is 0 Å². The van der Waals surface area contributed by atoms with Gasteiger partial charge in [-0.05, 0) is 12.0 Å². The fourth-order valence-electron chi connectivity index (χ4n) is 2.94. The van der Waals surface area contributed by atoms with Crippen LogP contribution in [0.25, 0.3) is 0 Å². The quantitative estimate of drug-likeness (QED) is 0.741. The Kier molecular flexibility index (Phi) is 5.63. The summed E-state index contributed by atoms with van der Waals surface area (Å²) < 4.78 is 22.4. The highest BCUT2D eigenvalue weighted by atomic mass is 32.2. The number of carbonyl (C=O) groups is 1. The molecule has 1 aliphatic heterocycles. The lowest BCUT2D eigenvalue weighted by Gasteiger charge is -2.22. The van der Waals surface area contributed by atoms with E-state index < -0.39 is 9.84 Å². The number of hydrogen-bond acceptors (Lipinski definition) is 7. The zero-order valence-electron chi connectivity index (χ0n) is 14.3. The van der Waals surface area contributed by atoms with Crippen molar-refractivity contribution >= 4 is 27.5 Å². The molecule has 1 aromatic heterocycles. The summed E-state index contributed by atoms with van der Waals surface area (Å²) in [7, 11) is -3.14. The van der Waals surface area contributed by atoms with Crippen molar-refractivity contribution in [2.24, 2.45) is 11.8 Å². The molecule has 2 atom stereocenters. The van der Waals surface area contributed by atoms with Crippen molar-refractivity contribution in [3.8, 4) is 0 Å². The first-order valence-electron chi connectivity index (χ1n) is 7.96. The summed E-state index contributed by atoms with van der Waals surface area (Å²) in [5.41, 5.74) is 5.64. The van der Waals surface area contributed by atoms with E-state index in [1.165, 1.54) is 0 Å². The van der Waals surface area contributed by atoms with Crippen LogP contribution in [0.2, 0.25) is 0 Å². The van der Waals surface area contributed by atoms with Crippen molar-refractivity contribution in [1.82, 2.24) is 15.3 Å². The molecule has 0 unspecified atom stereocenters. The molecule has 0 radical (unpaired) electrons. The van der Waals surface area contributed by atoms with Crippen LogP contribution in [0.3, 0.4) is 0 Å². The van der Waals surface area contributed by atoms with Gasteiger partial charge in [0.1, 0.15) is 15.7 Å². The second-order valence-corrected chi connectivity index (χ2v) is 8.90. The molecule has 1 aromatic rings. The Balaban J connectivity index is 2.04. The van der Waals surface area contributed by atoms with E-state index >= 15 is 0 Å². The number of nitrogens with two attached hydrogens (primary N) is 1. The van der Waals surface area contributed by atoms with E-state index in [0.717, 1.165) is 18.6 Å². The fourth-order valence-corrected chi connectivity index (χ4v) is 3.50. The second kappa shape index (κ2) is 7.33. The van der Waals surface area contributed by atoms with Gasteiger partial charge in [-0.1, -0.05) is 13.8 Å². The number of nitrogen functional groups attached to an aromatic ring is 1. The van der Waals surface area contributed by atoms with Gasteiger partial charge in [-0.25, -0.2) is 13.4 Å². The minimum atomic E-state index is -3.14. The van der Waals surface area contributed by atoms with Gasteiger partial charge in [0, 0.05) is 37.9 Å². The van der Waals surface area contributed by atoms with Gasteiger partial charge in [-0.15, -0.1) is 0 Å². The molecule has 1 aliphatic rings. The van der Waals surface area contributed by atoms with E-state index in [-0.39, 0.29) is 36.0 Å². The Morgan fingerprint density at radius 3 is 2.75 bits per heavy atom. The van der Waals surface area contributed by atoms with Crippen LogP contribution in [0.5, 0.6) is 0 Å². The normalized spacial score (nSPS) is 21.2. The molecule has 3 N–H and O–H groups in total. The Morgan fingerprint density at radius 1 is 1.46 bits per heavy atom. The van der Waals surface area contributed by atoms with Gasteiger partial charge >= 0.3 is 0 Å². The van der Waals surface area contributed by atoms with E-state index in [0.29, 0.717) is 12.5 Å². The molecule has 1 amide bonds. The van der Waals surface area contributed by atoms with Crippen molar-refractivity contribution in [3.05, 3.63) is 12.3 Å². The summed E-state index contributed by atoms with van der Waals surface area (Å²) in [5, 5.41) is 2.98. The minimum Gasteiger partial charge on any atom is -0.368 e. The maximum absolute atomic E-state index is 12.1. The molecule has 0 bridgehead atoms. The number of hydrogen-bond donors (Lipinski definition) is 2. The number of amides is 1. The van der Waals surface area contributed by atoms with Crippen molar-refractivity contribution in [1.29, 1.82) is 0 Å². The second-order valence-electron chi connectivity index (χ2n) is 6.64. The molecule has 134 valence electrons. The third-order valence-corrected chi connectivity index (χ3v) is 5.20. The van der Waals surface area contributed by atoms with Gasteiger partial charge in [0.05, 0.1) is 11.8 Å². The molecule has 1 fully saturated rings. The van der Waals surface area contributed by atoms with E-state index in [9.17, 15) is 13.2 Å². The first-order chi connectivity index (χ1) is 11.2. The van der Waals surface area contributed by atoms with Crippen LogP contribution in [0, 0.1) is 11.8 Å². The summed E-state index contributed by atoms with van der Waals surface area (Å²) in [4.78, 5) is 22.3. The average Bonchev–Trinajstić information content (AvgIpc) is 2.88. The minimum absolute atomic E-state index is 0.0133. The highest BCUT2D eigenvalue weighted by Crippen LogP contribution is 2.28. The monoisotopic (exact) mass is 355 g/mol. The number of nitrogens with one attached hydrogen (secondary N) is 1. The first kappa shape index (κ1) is 18.4. The van der Waals surface area contributed by atoms with E-state index in [1.807, 2.05) is 0 Å². The third kappa shape index (κ3) is 5.05. The predicted molar refractivity (Wildman–Crippen MR) is 93.2 cm³/mol. The van der Waals surface area contributed by atoms with Crippen LogP contribution >= 0.6 is 0 Å². The lowest BCUT2D eigenvalue weighted by molar-refractivity contribution is -0.121. The van der Waals surface area contributed by atoms with Gasteiger partial charge < -0.3 is 16.0 Å². The molecule has 2 heterocycles. The average molecular weight is 355 g/mol. The van der Waals surface area contributed by atoms with E-state index in [4.69, 9.17) is 5.73 Å². The summed E-state index contributed by atoms with van der Waals surface area (Å²) in [6, 6.07) is 1.75. The van der Waals surface area contributed by atoms with Crippen LogP contribution < -0.4 is 16.0 Å². The van der Waals surface area contributed by atoms with Crippen molar-refractivity contribution in [3.63, 3.8) is 0 Å². The van der Waals surface area contributed by atoms with E-state index in [1.54, 1.807) is 12.3 Å². The van der Waals surface area contributed by atoms with Crippen molar-refractivity contribution in [2.75, 3.05) is 35.7 Å². The van der Waals surface area contributed by atoms with Gasteiger partial charge in [-0.3, -0.25) is 4.79 Å². The predicted octanol–water partition coefficient (Wildman–Crippen LogP) is 0.0705. The molecular weight excluding hydrogens is 330 g/mol. The zero-order chi connectivity index (χ0) is 17.9. The SMILES string of the molecule is CC(C)[C@@H]1CN(c2ccnc(N)n2)C[C@H]1NC(=O)CCS(C)(=O)=O. The summed E-state index contributed by atoms with van der Waals surface area (Å²) >= 11 is 0. The Morgan fingerprint density at radius 2 is 2.17 bits per heavy atom. The summed E-state index contributed by atoms with van der Waals surface area (Å²) in [6.45, 7) is 5.59. The lowest BCUT2D eigenvalue weighted by Crippen LogP contribution is -2.42. The van der Waals surface area contributed by atoms with Crippen LogP contribution in [0.15, 0.2) is 12.3 Å². The number of rotatable bonds is 6. The molecule has 1 saturated heterocycles. The molecule has 2 rings (SSSR count). The molecule has 9 heteroatoms. The molecule has 0 aliphatic carbocycles. The third-order valence-electron chi connectivity index (χ3n) is 4.25. The lowest BCUT2D eigenvalue weighted by atomic mass is 9.91. The summed E-state index contributed by atoms with van der Waals surface area (Å²) in [6.07, 6.45) is 2.73. The maximum Gasteiger partial charge on any atom is 0.221 e. The van der Waals surface area contributed by atoms with Crippen molar-refractivity contribution in [2.45, 2.75) is 26.3 Å². The van der Waals surface area contributed by atoms with E-state index in [2.05, 4.69) is 34.0 Å². The van der Waals surface area contributed by atoms with Crippen molar-refractivity contribution < 1.29 is 13.2 Å². The molecular formula is C15H25N5O3S. The zero-order valence-corrected chi connectivity index (χ0v) is 15.1. The van der Waals surface area contributed by atoms with Crippen LogP contribution in [-0.2, 0) is 14.6 Å². The maximum atomic E-state index is 12.1. The standard InChI is InChI=1S/C15H25N5O3S/c1-10(2)11-8-20(13-4-6-17-15(16)19-13)9-12(11)18-14(21)5-7-24(3,22)23/h4,6,10-12H,5,7-9H2,1-3H3,(H,18,21)(H2,16,17,19)/t11-,12+/m0/s1. The largest absolute Gasteiger partial charge is 0.368 e. The topological polar surface area (TPSA) is 118 Å². The highest BCUT2D eigenvalue weighted by Gasteiger charge is 2.36. The highest BCUT2D eigenvalue weighted by molar-refractivity contribution is 7.90. The number of anilines is 2. The molecule has 0 saturated carbocycles. The number of carbonyl (C=O) groups excluding carboxylic acids is 1. The van der Waals surface area contributed by atoms with Gasteiger partial charge in [0.2, 0.25) is 11.9 Å². The van der Waals surface area contributed by atoms with Crippen LogP contribution in [-0.4, -0.2) is 55.4 Å². The first-order valence-corrected chi connectivity index (χ1v) is 10.0. The number of nitrogens with zero attached hydrogens (tertiary/aromatic N) is 3. The fraction of sp³-hybridized carbons (Fsp3) is 0.667. The van der Waals surface area contributed by atoms with Crippen LogP contribution in [0.4, 0.5) is 11.8 Å². The Hall–Kier alpha value is -1.90.